The van der Waals surface area contributed by atoms with Crippen molar-refractivity contribution in [2.75, 3.05) is 13.1 Å². The van der Waals surface area contributed by atoms with Gasteiger partial charge in [-0.25, -0.2) is 0 Å². The minimum absolute atomic E-state index is 0.0559. The van der Waals surface area contributed by atoms with Crippen molar-refractivity contribution >= 4 is 5.91 Å². The Labute approximate surface area is 123 Å². The molecule has 1 fully saturated rings. The van der Waals surface area contributed by atoms with Crippen LogP contribution in [-0.2, 0) is 6.42 Å². The van der Waals surface area contributed by atoms with Crippen LogP contribution >= 0.6 is 0 Å². The van der Waals surface area contributed by atoms with E-state index in [2.05, 4.69) is 10.1 Å². The van der Waals surface area contributed by atoms with Crippen LogP contribution in [0.4, 0.5) is 0 Å². The second-order valence-corrected chi connectivity index (χ2v) is 5.38. The van der Waals surface area contributed by atoms with E-state index in [1.807, 2.05) is 17.9 Å². The number of furan rings is 1. The van der Waals surface area contributed by atoms with Gasteiger partial charge in [-0.3, -0.25) is 4.79 Å². The molecule has 0 N–H and O–H groups in total. The fourth-order valence-corrected chi connectivity index (χ4v) is 2.69. The first-order chi connectivity index (χ1) is 10.2. The van der Waals surface area contributed by atoms with Crippen LogP contribution in [0.1, 0.15) is 53.7 Å². The standard InChI is InChI=1S/C15H19N3O3/c1-3-12-6-7-13(20-12)15(19)18-8-4-5-11(9-18)14-16-10(2)21-17-14/h6-7,11H,3-5,8-9H2,1-2H3. The smallest absolute Gasteiger partial charge is 0.289 e. The Morgan fingerprint density at radius 3 is 3.00 bits per heavy atom. The zero-order chi connectivity index (χ0) is 14.8. The van der Waals surface area contributed by atoms with Crippen molar-refractivity contribution in [2.24, 2.45) is 0 Å². The summed E-state index contributed by atoms with van der Waals surface area (Å²) >= 11 is 0. The van der Waals surface area contributed by atoms with Crippen molar-refractivity contribution in [3.8, 4) is 0 Å². The van der Waals surface area contributed by atoms with Gasteiger partial charge in [0.25, 0.3) is 5.91 Å². The van der Waals surface area contributed by atoms with Crippen molar-refractivity contribution in [3.63, 3.8) is 0 Å². The van der Waals surface area contributed by atoms with Crippen molar-refractivity contribution in [3.05, 3.63) is 35.4 Å². The summed E-state index contributed by atoms with van der Waals surface area (Å²) in [5.74, 6) is 2.59. The second-order valence-electron chi connectivity index (χ2n) is 5.38. The number of piperidine rings is 1. The van der Waals surface area contributed by atoms with Crippen LogP contribution in [-0.4, -0.2) is 34.0 Å². The Kier molecular flexibility index (Phi) is 3.77. The van der Waals surface area contributed by atoms with E-state index in [-0.39, 0.29) is 11.8 Å². The predicted octanol–water partition coefficient (Wildman–Crippen LogP) is 2.55. The minimum atomic E-state index is -0.0559. The fraction of sp³-hybridized carbons (Fsp3) is 0.533. The molecule has 0 aromatic carbocycles. The molecule has 0 spiro atoms. The van der Waals surface area contributed by atoms with E-state index in [9.17, 15) is 4.79 Å². The summed E-state index contributed by atoms with van der Waals surface area (Å²) in [7, 11) is 0. The first-order valence-corrected chi connectivity index (χ1v) is 7.35. The molecule has 1 aliphatic rings. The van der Waals surface area contributed by atoms with E-state index in [0.29, 0.717) is 24.0 Å². The Morgan fingerprint density at radius 1 is 1.48 bits per heavy atom. The maximum absolute atomic E-state index is 12.5. The number of hydrogen-bond acceptors (Lipinski definition) is 5. The molecule has 3 heterocycles. The summed E-state index contributed by atoms with van der Waals surface area (Å²) in [6.07, 6.45) is 2.70. The Hall–Kier alpha value is -2.11. The molecule has 2 aromatic heterocycles. The molecule has 21 heavy (non-hydrogen) atoms. The van der Waals surface area contributed by atoms with Crippen LogP contribution in [0.5, 0.6) is 0 Å². The van der Waals surface area contributed by atoms with Crippen LogP contribution < -0.4 is 0 Å². The van der Waals surface area contributed by atoms with E-state index in [1.165, 1.54) is 0 Å². The number of amides is 1. The maximum atomic E-state index is 12.5. The number of hydrogen-bond donors (Lipinski definition) is 0. The summed E-state index contributed by atoms with van der Waals surface area (Å²) in [5, 5.41) is 3.98. The largest absolute Gasteiger partial charge is 0.456 e. The molecular formula is C15H19N3O3. The van der Waals surface area contributed by atoms with E-state index >= 15 is 0 Å². The Balaban J connectivity index is 1.72. The molecule has 1 atom stereocenters. The summed E-state index contributed by atoms with van der Waals surface area (Å²) in [5.41, 5.74) is 0. The van der Waals surface area contributed by atoms with Gasteiger partial charge >= 0.3 is 0 Å². The average molecular weight is 289 g/mol. The van der Waals surface area contributed by atoms with Gasteiger partial charge in [0.1, 0.15) is 5.76 Å². The van der Waals surface area contributed by atoms with Gasteiger partial charge in [0.05, 0.1) is 0 Å². The van der Waals surface area contributed by atoms with E-state index in [4.69, 9.17) is 8.94 Å². The summed E-state index contributed by atoms with van der Waals surface area (Å²) in [6.45, 7) is 5.13. The Morgan fingerprint density at radius 2 is 2.33 bits per heavy atom. The minimum Gasteiger partial charge on any atom is -0.456 e. The lowest BCUT2D eigenvalue weighted by atomic mass is 9.97. The van der Waals surface area contributed by atoms with Gasteiger partial charge in [0, 0.05) is 32.4 Å². The lowest BCUT2D eigenvalue weighted by molar-refractivity contribution is 0.0669. The highest BCUT2D eigenvalue weighted by molar-refractivity contribution is 5.91. The van der Waals surface area contributed by atoms with Crippen LogP contribution in [0, 0.1) is 6.92 Å². The number of aryl methyl sites for hydroxylation is 2. The molecule has 0 aliphatic carbocycles. The summed E-state index contributed by atoms with van der Waals surface area (Å²) in [6, 6.07) is 3.61. The number of nitrogens with zero attached hydrogens (tertiary/aromatic N) is 3. The zero-order valence-corrected chi connectivity index (χ0v) is 12.3. The van der Waals surface area contributed by atoms with Crippen LogP contribution in [0.3, 0.4) is 0 Å². The SMILES string of the molecule is CCc1ccc(C(=O)N2CCCC(c3noc(C)n3)C2)o1. The lowest BCUT2D eigenvalue weighted by Gasteiger charge is -2.30. The first kappa shape index (κ1) is 13.9. The van der Waals surface area contributed by atoms with Crippen LogP contribution in [0.25, 0.3) is 0 Å². The third kappa shape index (κ3) is 2.84. The molecule has 1 saturated heterocycles. The van der Waals surface area contributed by atoms with Gasteiger partial charge in [0.15, 0.2) is 11.6 Å². The zero-order valence-electron chi connectivity index (χ0n) is 12.3. The van der Waals surface area contributed by atoms with Crippen LogP contribution in [0.2, 0.25) is 0 Å². The molecule has 3 rings (SSSR count). The molecule has 0 bridgehead atoms. The summed E-state index contributed by atoms with van der Waals surface area (Å²) < 4.78 is 10.6. The van der Waals surface area contributed by atoms with Crippen molar-refractivity contribution in [2.45, 2.75) is 39.0 Å². The topological polar surface area (TPSA) is 72.4 Å². The predicted molar refractivity (Wildman–Crippen MR) is 75.0 cm³/mol. The quantitative estimate of drug-likeness (QED) is 0.868. The third-order valence-corrected chi connectivity index (χ3v) is 3.84. The third-order valence-electron chi connectivity index (χ3n) is 3.84. The van der Waals surface area contributed by atoms with Gasteiger partial charge in [-0.1, -0.05) is 12.1 Å². The summed E-state index contributed by atoms with van der Waals surface area (Å²) in [4.78, 5) is 18.6. The molecule has 0 saturated carbocycles. The average Bonchev–Trinajstić information content (AvgIpc) is 3.15. The van der Waals surface area contributed by atoms with E-state index in [1.54, 1.807) is 13.0 Å². The van der Waals surface area contributed by atoms with Crippen molar-refractivity contribution in [1.82, 2.24) is 15.0 Å². The number of carbonyl (C=O) groups is 1. The Bertz CT molecular complexity index is 632. The number of likely N-dealkylation sites (tertiary alicyclic amines) is 1. The van der Waals surface area contributed by atoms with Crippen molar-refractivity contribution < 1.29 is 13.7 Å². The molecule has 6 heteroatoms. The second kappa shape index (κ2) is 5.71. The molecular weight excluding hydrogens is 270 g/mol. The maximum Gasteiger partial charge on any atom is 0.289 e. The number of carbonyl (C=O) groups excluding carboxylic acids is 1. The van der Waals surface area contributed by atoms with Gasteiger partial charge in [0.2, 0.25) is 5.89 Å². The lowest BCUT2D eigenvalue weighted by Crippen LogP contribution is -2.39. The molecule has 2 aromatic rings. The van der Waals surface area contributed by atoms with Gasteiger partial charge in [-0.05, 0) is 25.0 Å². The van der Waals surface area contributed by atoms with Crippen molar-refractivity contribution in [1.29, 1.82) is 0 Å². The fourth-order valence-electron chi connectivity index (χ4n) is 2.69. The van der Waals surface area contributed by atoms with E-state index in [0.717, 1.165) is 31.6 Å². The molecule has 1 unspecified atom stereocenters. The van der Waals surface area contributed by atoms with Gasteiger partial charge < -0.3 is 13.8 Å². The molecule has 6 nitrogen and oxygen atoms in total. The highest BCUT2D eigenvalue weighted by Crippen LogP contribution is 2.26. The first-order valence-electron chi connectivity index (χ1n) is 7.35. The van der Waals surface area contributed by atoms with Crippen LogP contribution in [0.15, 0.2) is 21.1 Å². The highest BCUT2D eigenvalue weighted by atomic mass is 16.5. The number of aromatic nitrogens is 2. The highest BCUT2D eigenvalue weighted by Gasteiger charge is 2.29. The molecule has 1 amide bonds. The number of rotatable bonds is 3. The monoisotopic (exact) mass is 289 g/mol. The van der Waals surface area contributed by atoms with Gasteiger partial charge in [-0.15, -0.1) is 0 Å². The normalized spacial score (nSPS) is 19.0. The van der Waals surface area contributed by atoms with E-state index < -0.39 is 0 Å². The molecule has 0 radical (unpaired) electrons. The molecule has 1 aliphatic heterocycles. The molecule has 112 valence electrons. The van der Waals surface area contributed by atoms with Gasteiger partial charge in [-0.2, -0.15) is 4.98 Å².